The van der Waals surface area contributed by atoms with Crippen LogP contribution in [0.25, 0.3) is 22.3 Å². The summed E-state index contributed by atoms with van der Waals surface area (Å²) in [4.78, 5) is 60.4. The number of benzene rings is 3. The predicted molar refractivity (Wildman–Crippen MR) is 208 cm³/mol. The minimum Gasteiger partial charge on any atom is -0.508 e. The van der Waals surface area contributed by atoms with E-state index in [4.69, 9.17) is 28.0 Å². The molecule has 0 aliphatic rings. The maximum atomic E-state index is 12.4. The Balaban J connectivity index is 0.000000193. The van der Waals surface area contributed by atoms with Gasteiger partial charge in [0.1, 0.15) is 5.75 Å². The minimum atomic E-state index is -0.959. The molecule has 7 rings (SSSR count). The van der Waals surface area contributed by atoms with Gasteiger partial charge < -0.3 is 48.3 Å². The van der Waals surface area contributed by atoms with Crippen LogP contribution in [0, 0.1) is 0 Å². The van der Waals surface area contributed by atoms with Crippen molar-refractivity contribution in [2.45, 2.75) is 13.1 Å². The van der Waals surface area contributed by atoms with Gasteiger partial charge in [0.15, 0.2) is 34.0 Å². The molecule has 0 bridgehead atoms. The summed E-state index contributed by atoms with van der Waals surface area (Å²) in [5, 5.41) is 21.0. The van der Waals surface area contributed by atoms with Crippen LogP contribution in [0.1, 0.15) is 32.1 Å². The highest BCUT2D eigenvalue weighted by molar-refractivity contribution is 6.04. The molecule has 1 amide bonds. The van der Waals surface area contributed by atoms with Gasteiger partial charge in [-0.2, -0.15) is 19.9 Å². The summed E-state index contributed by atoms with van der Waals surface area (Å²) >= 11 is 0. The van der Waals surface area contributed by atoms with Crippen molar-refractivity contribution >= 4 is 74.8 Å². The second-order valence-corrected chi connectivity index (χ2v) is 12.1. The number of aromatic carboxylic acids is 1. The van der Waals surface area contributed by atoms with Crippen LogP contribution >= 0.6 is 0 Å². The highest BCUT2D eigenvalue weighted by Crippen LogP contribution is 2.21. The Bertz CT molecular complexity index is 2500. The van der Waals surface area contributed by atoms with Crippen molar-refractivity contribution in [3.63, 3.8) is 0 Å². The van der Waals surface area contributed by atoms with E-state index in [1.54, 1.807) is 60.9 Å². The molecule has 11 N–H and O–H groups in total. The Morgan fingerprint density at radius 3 is 1.49 bits per heavy atom. The van der Waals surface area contributed by atoms with E-state index in [-0.39, 0.29) is 40.8 Å². The average Bonchev–Trinajstić information content (AvgIpc) is 3.16. The van der Waals surface area contributed by atoms with Crippen LogP contribution in [0.3, 0.4) is 0 Å². The molecular formula is C36H35N15O4. The lowest BCUT2D eigenvalue weighted by Crippen LogP contribution is -2.18. The fourth-order valence-corrected chi connectivity index (χ4v) is 5.26. The van der Waals surface area contributed by atoms with Crippen molar-refractivity contribution in [3.8, 4) is 5.75 Å². The fraction of sp³-hybridized carbons (Fsp3) is 0.111. The normalized spacial score (nSPS) is 10.7. The number of carbonyl (C=O) groups excluding carboxylic acids is 1. The third-order valence-electron chi connectivity index (χ3n) is 8.05. The summed E-state index contributed by atoms with van der Waals surface area (Å²) < 4.78 is 0. The predicted octanol–water partition coefficient (Wildman–Crippen LogP) is 3.10. The number of fused-ring (bicyclic) bond motifs is 2. The summed E-state index contributed by atoms with van der Waals surface area (Å²) in [6, 6.07) is 20.0. The number of nitrogen functional groups attached to an aromatic ring is 4. The maximum Gasteiger partial charge on any atom is 0.335 e. The Morgan fingerprint density at radius 1 is 0.618 bits per heavy atom. The van der Waals surface area contributed by atoms with Crippen molar-refractivity contribution in [2.75, 3.05) is 52.1 Å². The Morgan fingerprint density at radius 2 is 1.05 bits per heavy atom. The van der Waals surface area contributed by atoms with E-state index < -0.39 is 5.97 Å². The summed E-state index contributed by atoms with van der Waals surface area (Å²) in [7, 11) is 3.77. The zero-order valence-corrected chi connectivity index (χ0v) is 29.5. The molecular weight excluding hydrogens is 706 g/mol. The third kappa shape index (κ3) is 8.92. The number of carboxylic acid groups (broad SMARTS) is 1. The number of nitrogens with one attached hydrogen (secondary N) is 1. The second kappa shape index (κ2) is 15.7. The highest BCUT2D eigenvalue weighted by atomic mass is 16.4. The molecule has 0 radical (unpaired) electrons. The Kier molecular flexibility index (Phi) is 10.5. The summed E-state index contributed by atoms with van der Waals surface area (Å²) in [5.74, 6) is -0.588. The van der Waals surface area contributed by atoms with Crippen LogP contribution in [-0.2, 0) is 13.1 Å². The molecule has 0 spiro atoms. The highest BCUT2D eigenvalue weighted by Gasteiger charge is 2.13. The van der Waals surface area contributed by atoms with Crippen molar-refractivity contribution < 1.29 is 19.8 Å². The lowest BCUT2D eigenvalue weighted by Gasteiger charge is -2.19. The molecule has 4 aromatic heterocycles. The summed E-state index contributed by atoms with van der Waals surface area (Å²) in [6.07, 6.45) is 3.21. The number of rotatable bonds is 9. The largest absolute Gasteiger partial charge is 0.508 e. The first-order valence-electron chi connectivity index (χ1n) is 16.4. The molecule has 7 aromatic rings. The van der Waals surface area contributed by atoms with E-state index in [0.717, 1.165) is 11.4 Å². The number of aromatic nitrogens is 8. The van der Waals surface area contributed by atoms with Gasteiger partial charge in [0.05, 0.1) is 42.4 Å². The lowest BCUT2D eigenvalue weighted by molar-refractivity contribution is 0.0696. The van der Waals surface area contributed by atoms with E-state index >= 15 is 0 Å². The quantitative estimate of drug-likeness (QED) is 0.105. The number of carboxylic acids is 1. The summed E-state index contributed by atoms with van der Waals surface area (Å²) in [5.41, 5.74) is 28.8. The number of amides is 1. The first kappa shape index (κ1) is 36.8. The minimum absolute atomic E-state index is 0.0534. The SMILES string of the molecule is CN(Cc1cnc2nc(N)nc(N)c2n1)c1ccc(C(=O)Nc2ccc(O)cc2)cc1.CN(Cc1cnc2nc(N)nc(N)c2n1)c1ccc(C(=O)O)cc1. The molecule has 0 aliphatic heterocycles. The summed E-state index contributed by atoms with van der Waals surface area (Å²) in [6.45, 7) is 0.922. The maximum absolute atomic E-state index is 12.4. The van der Waals surface area contributed by atoms with Gasteiger partial charge in [-0.05, 0) is 72.8 Å². The number of phenolic OH excluding ortho intramolecular Hbond substituents is 1. The van der Waals surface area contributed by atoms with E-state index in [9.17, 15) is 14.7 Å². The van der Waals surface area contributed by atoms with Crippen LogP contribution in [0.4, 0.5) is 40.6 Å². The molecule has 0 saturated carbocycles. The number of anilines is 7. The molecule has 0 atom stereocenters. The van der Waals surface area contributed by atoms with Gasteiger partial charge in [-0.3, -0.25) is 4.79 Å². The first-order valence-corrected chi connectivity index (χ1v) is 16.4. The smallest absolute Gasteiger partial charge is 0.335 e. The number of carbonyl (C=O) groups is 2. The van der Waals surface area contributed by atoms with Gasteiger partial charge in [-0.1, -0.05) is 0 Å². The zero-order valence-electron chi connectivity index (χ0n) is 29.5. The molecule has 19 nitrogen and oxygen atoms in total. The molecule has 0 aliphatic carbocycles. The van der Waals surface area contributed by atoms with Crippen LogP contribution < -0.4 is 38.1 Å². The average molecular weight is 742 g/mol. The van der Waals surface area contributed by atoms with Crippen LogP contribution in [0.2, 0.25) is 0 Å². The molecule has 0 unspecified atom stereocenters. The molecule has 55 heavy (non-hydrogen) atoms. The van der Waals surface area contributed by atoms with E-state index in [1.807, 2.05) is 36.0 Å². The zero-order chi connectivity index (χ0) is 39.2. The van der Waals surface area contributed by atoms with Gasteiger partial charge >= 0.3 is 5.97 Å². The standard InChI is InChI=1S/C21H20N8O2.C15H15N7O2/c1-29(11-14-10-24-19-17(25-14)18(22)27-21(23)28-19)15-6-2-12(3-7-15)20(31)26-13-4-8-16(30)9-5-13;1-22(10-4-2-8(3-5-10)14(23)24)7-9-6-18-13-11(19-9)12(16)20-15(17)21-13/h2-10,30H,11H2,1H3,(H,26,31)(H4,22,23,24,27,28);2-6H,7H2,1H3,(H,23,24)(H4,16,17,18,20,21). The molecule has 19 heteroatoms. The van der Waals surface area contributed by atoms with E-state index in [2.05, 4.69) is 45.2 Å². The molecule has 4 heterocycles. The van der Waals surface area contributed by atoms with E-state index in [0.29, 0.717) is 58.1 Å². The van der Waals surface area contributed by atoms with E-state index in [1.165, 1.54) is 12.1 Å². The number of nitrogens with zero attached hydrogens (tertiary/aromatic N) is 10. The first-order chi connectivity index (χ1) is 26.3. The second-order valence-electron chi connectivity index (χ2n) is 12.1. The van der Waals surface area contributed by atoms with Crippen molar-refractivity contribution in [1.29, 1.82) is 0 Å². The van der Waals surface area contributed by atoms with Crippen LogP contribution in [0.5, 0.6) is 5.75 Å². The lowest BCUT2D eigenvalue weighted by atomic mass is 10.1. The fourth-order valence-electron chi connectivity index (χ4n) is 5.26. The monoisotopic (exact) mass is 741 g/mol. The number of phenols is 1. The number of hydrogen-bond acceptors (Lipinski definition) is 17. The Labute approximate surface area is 312 Å². The molecule has 0 fully saturated rings. The van der Waals surface area contributed by atoms with Gasteiger partial charge in [-0.15, -0.1) is 0 Å². The molecule has 278 valence electrons. The van der Waals surface area contributed by atoms with Crippen molar-refractivity contribution in [2.24, 2.45) is 0 Å². The third-order valence-corrected chi connectivity index (χ3v) is 8.05. The Hall–Kier alpha value is -7.96. The number of nitrogens with two attached hydrogens (primary N) is 4. The van der Waals surface area contributed by atoms with Gasteiger partial charge in [0, 0.05) is 36.7 Å². The number of hydrogen-bond donors (Lipinski definition) is 7. The number of aromatic hydroxyl groups is 1. The van der Waals surface area contributed by atoms with Gasteiger partial charge in [-0.25, -0.2) is 24.7 Å². The van der Waals surface area contributed by atoms with Gasteiger partial charge in [0.2, 0.25) is 11.9 Å². The van der Waals surface area contributed by atoms with Gasteiger partial charge in [0.25, 0.3) is 5.91 Å². The van der Waals surface area contributed by atoms with Crippen molar-refractivity contribution in [1.82, 2.24) is 39.9 Å². The van der Waals surface area contributed by atoms with Crippen LogP contribution in [-0.4, -0.2) is 76.1 Å². The van der Waals surface area contributed by atoms with Crippen LogP contribution in [0.15, 0.2) is 85.2 Å². The molecule has 0 saturated heterocycles. The van der Waals surface area contributed by atoms with Crippen molar-refractivity contribution in [3.05, 3.63) is 108 Å². The topological polar surface area (TPSA) is 300 Å². The molecule has 3 aromatic carbocycles.